The third-order valence-electron chi connectivity index (χ3n) is 3.60. The Morgan fingerprint density at radius 2 is 1.62 bits per heavy atom. The molecule has 0 aromatic heterocycles. The second kappa shape index (κ2) is 8.40. The van der Waals surface area contributed by atoms with Gasteiger partial charge in [-0.25, -0.2) is 0 Å². The lowest BCUT2D eigenvalue weighted by Crippen LogP contribution is -2.23. The maximum Gasteiger partial charge on any atom is 0.119 e. The van der Waals surface area contributed by atoms with Crippen LogP contribution in [-0.2, 0) is 4.74 Å². The fourth-order valence-corrected chi connectivity index (χ4v) is 3.06. The quantitative estimate of drug-likeness (QED) is 0.741. The van der Waals surface area contributed by atoms with E-state index < -0.39 is 0 Å². The molecule has 120 valence electrons. The van der Waals surface area contributed by atoms with Crippen molar-refractivity contribution in [2.75, 3.05) is 26.4 Å². The van der Waals surface area contributed by atoms with Crippen molar-refractivity contribution in [2.24, 2.45) is 17.1 Å². The Balaban J connectivity index is 2.60. The number of nitrogens with two attached hydrogens (primary N) is 1. The van der Waals surface area contributed by atoms with Crippen LogP contribution < -0.4 is 10.5 Å². The van der Waals surface area contributed by atoms with Crippen molar-refractivity contribution in [1.82, 2.24) is 0 Å². The van der Waals surface area contributed by atoms with Gasteiger partial charge in [-0.15, -0.1) is 0 Å². The van der Waals surface area contributed by atoms with E-state index in [1.54, 1.807) is 0 Å². The molecule has 0 saturated carbocycles. The Morgan fingerprint density at radius 3 is 2.10 bits per heavy atom. The van der Waals surface area contributed by atoms with Crippen LogP contribution in [0.2, 0.25) is 0 Å². The van der Waals surface area contributed by atoms with Crippen molar-refractivity contribution in [2.45, 2.75) is 40.5 Å². The Bertz CT molecular complexity index is 393. The summed E-state index contributed by atoms with van der Waals surface area (Å²) in [4.78, 5) is 0. The molecule has 0 aliphatic carbocycles. The van der Waals surface area contributed by atoms with Gasteiger partial charge in [-0.1, -0.05) is 46.8 Å². The van der Waals surface area contributed by atoms with Gasteiger partial charge in [-0.05, 0) is 34.9 Å². The minimum atomic E-state index is 0.257. The minimum absolute atomic E-state index is 0.257. The van der Waals surface area contributed by atoms with Crippen molar-refractivity contribution in [3.63, 3.8) is 0 Å². The van der Waals surface area contributed by atoms with E-state index in [9.17, 15) is 0 Å². The zero-order chi connectivity index (χ0) is 15.9. The van der Waals surface area contributed by atoms with Gasteiger partial charge in [-0.2, -0.15) is 0 Å². The van der Waals surface area contributed by atoms with Gasteiger partial charge in [-0.3, -0.25) is 0 Å². The van der Waals surface area contributed by atoms with E-state index in [1.165, 1.54) is 5.56 Å². The van der Waals surface area contributed by atoms with Crippen LogP contribution in [0.4, 0.5) is 0 Å². The maximum absolute atomic E-state index is 5.67. The van der Waals surface area contributed by atoms with E-state index in [4.69, 9.17) is 15.2 Å². The molecule has 0 spiro atoms. The summed E-state index contributed by atoms with van der Waals surface area (Å²) >= 11 is 0. The monoisotopic (exact) mass is 293 g/mol. The van der Waals surface area contributed by atoms with Crippen molar-refractivity contribution < 1.29 is 9.47 Å². The Hall–Kier alpha value is -1.06. The van der Waals surface area contributed by atoms with E-state index in [1.807, 2.05) is 0 Å². The summed E-state index contributed by atoms with van der Waals surface area (Å²) in [5, 5.41) is 0. The predicted octanol–water partition coefficient (Wildman–Crippen LogP) is 3.83. The van der Waals surface area contributed by atoms with Gasteiger partial charge in [0, 0.05) is 6.54 Å². The van der Waals surface area contributed by atoms with E-state index in [2.05, 4.69) is 58.9 Å². The van der Waals surface area contributed by atoms with Crippen LogP contribution in [0.1, 0.15) is 46.1 Å². The average molecular weight is 293 g/mol. The highest BCUT2D eigenvalue weighted by atomic mass is 16.5. The molecule has 0 aliphatic rings. The highest BCUT2D eigenvalue weighted by Gasteiger charge is 2.28. The largest absolute Gasteiger partial charge is 0.491 e. The molecule has 21 heavy (non-hydrogen) atoms. The molecule has 0 heterocycles. The summed E-state index contributed by atoms with van der Waals surface area (Å²) in [7, 11) is 0. The summed E-state index contributed by atoms with van der Waals surface area (Å²) in [5.74, 6) is 2.05. The number of hydrogen-bond acceptors (Lipinski definition) is 3. The second-order valence-electron chi connectivity index (χ2n) is 6.91. The average Bonchev–Trinajstić information content (AvgIpc) is 2.38. The fourth-order valence-electron chi connectivity index (χ4n) is 3.06. The molecule has 3 heteroatoms. The van der Waals surface area contributed by atoms with Gasteiger partial charge >= 0.3 is 0 Å². The summed E-state index contributed by atoms with van der Waals surface area (Å²) < 4.78 is 11.0. The highest BCUT2D eigenvalue weighted by Crippen LogP contribution is 2.40. The van der Waals surface area contributed by atoms with Crippen LogP contribution in [0.5, 0.6) is 5.75 Å². The topological polar surface area (TPSA) is 44.5 Å². The number of ether oxygens (including phenoxy) is 2. The lowest BCUT2D eigenvalue weighted by Gasteiger charge is -2.34. The van der Waals surface area contributed by atoms with Gasteiger partial charge in [0.25, 0.3) is 0 Å². The molecular weight excluding hydrogens is 262 g/mol. The van der Waals surface area contributed by atoms with Crippen LogP contribution in [0.25, 0.3) is 0 Å². The summed E-state index contributed by atoms with van der Waals surface area (Å²) in [6, 6.07) is 8.48. The lowest BCUT2D eigenvalue weighted by atomic mass is 9.70. The van der Waals surface area contributed by atoms with Gasteiger partial charge < -0.3 is 15.2 Å². The molecule has 0 aliphatic heterocycles. The molecule has 1 unspecified atom stereocenters. The van der Waals surface area contributed by atoms with Crippen molar-refractivity contribution in [1.29, 1.82) is 0 Å². The molecule has 1 rings (SSSR count). The lowest BCUT2D eigenvalue weighted by molar-refractivity contribution is 0.106. The molecule has 3 nitrogen and oxygen atoms in total. The molecule has 1 atom stereocenters. The molecule has 0 amide bonds. The first kappa shape index (κ1) is 18.0. The zero-order valence-corrected chi connectivity index (χ0v) is 14.2. The van der Waals surface area contributed by atoms with Crippen LogP contribution >= 0.6 is 0 Å². The zero-order valence-electron chi connectivity index (χ0n) is 14.2. The Kier molecular flexibility index (Phi) is 7.20. The normalized spacial score (nSPS) is 13.5. The van der Waals surface area contributed by atoms with Gasteiger partial charge in [0.1, 0.15) is 12.4 Å². The SMILES string of the molecule is CC(C)C(c1ccc(OCCOCCN)cc1)C(C)(C)C. The molecule has 1 aromatic rings. The maximum atomic E-state index is 5.67. The third-order valence-corrected chi connectivity index (χ3v) is 3.60. The van der Waals surface area contributed by atoms with E-state index in [-0.39, 0.29) is 5.41 Å². The molecule has 0 bridgehead atoms. The van der Waals surface area contributed by atoms with Crippen LogP contribution in [0.15, 0.2) is 24.3 Å². The standard InChI is InChI=1S/C18H31NO2/c1-14(2)17(18(3,4)5)15-6-8-16(9-7-15)21-13-12-20-11-10-19/h6-9,14,17H,10-13,19H2,1-5H3. The van der Waals surface area contributed by atoms with Crippen LogP contribution in [-0.4, -0.2) is 26.4 Å². The first-order valence-electron chi connectivity index (χ1n) is 7.87. The first-order chi connectivity index (χ1) is 9.86. The highest BCUT2D eigenvalue weighted by molar-refractivity contribution is 5.30. The number of hydrogen-bond donors (Lipinski definition) is 1. The molecule has 0 radical (unpaired) electrons. The minimum Gasteiger partial charge on any atom is -0.491 e. The molecule has 1 aromatic carbocycles. The third kappa shape index (κ3) is 6.06. The van der Waals surface area contributed by atoms with Gasteiger partial charge in [0.2, 0.25) is 0 Å². The fraction of sp³-hybridized carbons (Fsp3) is 0.667. The first-order valence-corrected chi connectivity index (χ1v) is 7.87. The summed E-state index contributed by atoms with van der Waals surface area (Å²) in [6.45, 7) is 13.8. The predicted molar refractivity (Wildman–Crippen MR) is 88.8 cm³/mol. The van der Waals surface area contributed by atoms with E-state index in [0.717, 1.165) is 5.75 Å². The molecule has 0 saturated heterocycles. The van der Waals surface area contributed by atoms with E-state index >= 15 is 0 Å². The molecule has 0 fully saturated rings. The molecule has 2 N–H and O–H groups in total. The van der Waals surface area contributed by atoms with Crippen molar-refractivity contribution in [3.05, 3.63) is 29.8 Å². The Morgan fingerprint density at radius 1 is 1.00 bits per heavy atom. The summed E-state index contributed by atoms with van der Waals surface area (Å²) in [6.07, 6.45) is 0. The van der Waals surface area contributed by atoms with Crippen molar-refractivity contribution >= 4 is 0 Å². The van der Waals surface area contributed by atoms with E-state index in [0.29, 0.717) is 38.2 Å². The number of benzene rings is 1. The molecular formula is C18H31NO2. The van der Waals surface area contributed by atoms with Crippen LogP contribution in [0, 0.1) is 11.3 Å². The van der Waals surface area contributed by atoms with Gasteiger partial charge in [0.15, 0.2) is 0 Å². The van der Waals surface area contributed by atoms with Crippen molar-refractivity contribution in [3.8, 4) is 5.75 Å². The summed E-state index contributed by atoms with van der Waals surface area (Å²) in [5.41, 5.74) is 7.00. The van der Waals surface area contributed by atoms with Crippen LogP contribution in [0.3, 0.4) is 0 Å². The second-order valence-corrected chi connectivity index (χ2v) is 6.91. The number of rotatable bonds is 8. The Labute approximate surface area is 129 Å². The smallest absolute Gasteiger partial charge is 0.119 e. The van der Waals surface area contributed by atoms with Gasteiger partial charge in [0.05, 0.1) is 13.2 Å².